The zero-order chi connectivity index (χ0) is 13.8. The fourth-order valence-electron chi connectivity index (χ4n) is 3.61. The van der Waals surface area contributed by atoms with E-state index in [0.29, 0.717) is 23.9 Å². The van der Waals surface area contributed by atoms with Crippen LogP contribution in [0, 0.1) is 5.92 Å². The van der Waals surface area contributed by atoms with Gasteiger partial charge in [0, 0.05) is 38.1 Å². The van der Waals surface area contributed by atoms with Crippen molar-refractivity contribution in [2.75, 3.05) is 20.1 Å². The second kappa shape index (κ2) is 6.74. The van der Waals surface area contributed by atoms with Crippen molar-refractivity contribution < 1.29 is 4.79 Å². The summed E-state index contributed by atoms with van der Waals surface area (Å²) in [6.45, 7) is 6.81. The standard InChI is InChI=1S/C16H30N2O/c1-13(2)18-11-9-15(10-12-18)17(3)16(19)14-7-5-4-6-8-14/h13-15H,4-12H2,1-3H3. The molecule has 2 fully saturated rings. The maximum atomic E-state index is 12.5. The predicted octanol–water partition coefficient (Wildman–Crippen LogP) is 2.90. The van der Waals surface area contributed by atoms with E-state index < -0.39 is 0 Å². The van der Waals surface area contributed by atoms with Crippen molar-refractivity contribution >= 4 is 5.91 Å². The van der Waals surface area contributed by atoms with Crippen molar-refractivity contribution in [3.05, 3.63) is 0 Å². The van der Waals surface area contributed by atoms with Crippen molar-refractivity contribution in [1.82, 2.24) is 9.80 Å². The van der Waals surface area contributed by atoms with Crippen LogP contribution in [0.4, 0.5) is 0 Å². The molecule has 1 heterocycles. The van der Waals surface area contributed by atoms with Gasteiger partial charge in [0.05, 0.1) is 0 Å². The van der Waals surface area contributed by atoms with E-state index >= 15 is 0 Å². The summed E-state index contributed by atoms with van der Waals surface area (Å²) < 4.78 is 0. The van der Waals surface area contributed by atoms with E-state index in [1.807, 2.05) is 7.05 Å². The number of rotatable bonds is 3. The molecule has 1 aliphatic heterocycles. The molecule has 1 saturated carbocycles. The number of hydrogen-bond acceptors (Lipinski definition) is 2. The summed E-state index contributed by atoms with van der Waals surface area (Å²) in [6.07, 6.45) is 8.34. The van der Waals surface area contributed by atoms with Crippen LogP contribution >= 0.6 is 0 Å². The van der Waals surface area contributed by atoms with Crippen LogP contribution in [0.2, 0.25) is 0 Å². The van der Waals surface area contributed by atoms with Crippen molar-refractivity contribution in [2.24, 2.45) is 5.92 Å². The molecule has 0 atom stereocenters. The minimum Gasteiger partial charge on any atom is -0.342 e. The van der Waals surface area contributed by atoms with E-state index in [4.69, 9.17) is 0 Å². The van der Waals surface area contributed by atoms with E-state index in [-0.39, 0.29) is 0 Å². The normalized spacial score (nSPS) is 23.8. The summed E-state index contributed by atoms with van der Waals surface area (Å²) in [4.78, 5) is 17.1. The Balaban J connectivity index is 1.83. The van der Waals surface area contributed by atoms with Crippen molar-refractivity contribution in [3.8, 4) is 0 Å². The number of nitrogens with zero attached hydrogens (tertiary/aromatic N) is 2. The minimum absolute atomic E-state index is 0.321. The Morgan fingerprint density at radius 2 is 1.63 bits per heavy atom. The fraction of sp³-hybridized carbons (Fsp3) is 0.938. The maximum Gasteiger partial charge on any atom is 0.225 e. The fourth-order valence-corrected chi connectivity index (χ4v) is 3.61. The lowest BCUT2D eigenvalue weighted by molar-refractivity contribution is -0.138. The number of amides is 1. The topological polar surface area (TPSA) is 23.6 Å². The van der Waals surface area contributed by atoms with Crippen LogP contribution < -0.4 is 0 Å². The van der Waals surface area contributed by atoms with Gasteiger partial charge in [-0.05, 0) is 39.5 Å². The molecule has 0 aromatic heterocycles. The quantitative estimate of drug-likeness (QED) is 0.784. The number of piperidine rings is 1. The van der Waals surface area contributed by atoms with Gasteiger partial charge in [-0.3, -0.25) is 4.79 Å². The molecular formula is C16H30N2O. The van der Waals surface area contributed by atoms with Gasteiger partial charge in [-0.1, -0.05) is 19.3 Å². The van der Waals surface area contributed by atoms with Gasteiger partial charge in [0.1, 0.15) is 0 Å². The van der Waals surface area contributed by atoms with Crippen LogP contribution in [0.3, 0.4) is 0 Å². The molecule has 0 radical (unpaired) electrons. The molecule has 1 amide bonds. The van der Waals surface area contributed by atoms with Crippen LogP contribution in [-0.4, -0.2) is 47.9 Å². The lowest BCUT2D eigenvalue weighted by Gasteiger charge is -2.39. The molecule has 0 aromatic rings. The van der Waals surface area contributed by atoms with Crippen molar-refractivity contribution in [2.45, 2.75) is 70.9 Å². The third kappa shape index (κ3) is 3.71. The number of carbonyl (C=O) groups excluding carboxylic acids is 1. The van der Waals surface area contributed by atoms with E-state index in [1.165, 1.54) is 19.3 Å². The van der Waals surface area contributed by atoms with Crippen molar-refractivity contribution in [1.29, 1.82) is 0 Å². The van der Waals surface area contributed by atoms with Crippen molar-refractivity contribution in [3.63, 3.8) is 0 Å². The average molecular weight is 266 g/mol. The van der Waals surface area contributed by atoms with Gasteiger partial charge in [0.25, 0.3) is 0 Å². The van der Waals surface area contributed by atoms with Gasteiger partial charge in [0.15, 0.2) is 0 Å². The summed E-state index contributed by atoms with van der Waals surface area (Å²) in [7, 11) is 2.03. The summed E-state index contributed by atoms with van der Waals surface area (Å²) in [5, 5.41) is 0. The second-order valence-corrected chi connectivity index (χ2v) is 6.64. The van der Waals surface area contributed by atoms with E-state index in [0.717, 1.165) is 38.8 Å². The molecule has 2 aliphatic rings. The van der Waals surface area contributed by atoms with Gasteiger partial charge in [-0.25, -0.2) is 0 Å². The van der Waals surface area contributed by atoms with Crippen LogP contribution in [-0.2, 0) is 4.79 Å². The summed E-state index contributed by atoms with van der Waals surface area (Å²) in [5.74, 6) is 0.740. The highest BCUT2D eigenvalue weighted by Gasteiger charge is 2.30. The van der Waals surface area contributed by atoms with Gasteiger partial charge in [-0.15, -0.1) is 0 Å². The Bertz CT molecular complexity index is 289. The summed E-state index contributed by atoms with van der Waals surface area (Å²) >= 11 is 0. The van der Waals surface area contributed by atoms with Crippen LogP contribution in [0.5, 0.6) is 0 Å². The molecule has 2 rings (SSSR count). The van der Waals surface area contributed by atoms with Crippen LogP contribution in [0.15, 0.2) is 0 Å². The lowest BCUT2D eigenvalue weighted by Crippen LogP contribution is -2.48. The van der Waals surface area contributed by atoms with Crippen LogP contribution in [0.1, 0.15) is 58.8 Å². The van der Waals surface area contributed by atoms with Gasteiger partial charge in [-0.2, -0.15) is 0 Å². The monoisotopic (exact) mass is 266 g/mol. The Hall–Kier alpha value is -0.570. The molecule has 1 aliphatic carbocycles. The SMILES string of the molecule is CC(C)N1CCC(N(C)C(=O)C2CCCCC2)CC1. The third-order valence-electron chi connectivity index (χ3n) is 5.08. The first kappa shape index (κ1) is 14.8. The Kier molecular flexibility index (Phi) is 5.26. The predicted molar refractivity (Wildman–Crippen MR) is 79.1 cm³/mol. The van der Waals surface area contributed by atoms with E-state index in [1.54, 1.807) is 0 Å². The second-order valence-electron chi connectivity index (χ2n) is 6.64. The van der Waals surface area contributed by atoms with Gasteiger partial charge >= 0.3 is 0 Å². The highest BCUT2D eigenvalue weighted by molar-refractivity contribution is 5.79. The Morgan fingerprint density at radius 3 is 2.16 bits per heavy atom. The smallest absolute Gasteiger partial charge is 0.225 e. The molecule has 0 N–H and O–H groups in total. The molecule has 0 unspecified atom stereocenters. The van der Waals surface area contributed by atoms with E-state index in [2.05, 4.69) is 23.6 Å². The minimum atomic E-state index is 0.321. The molecule has 19 heavy (non-hydrogen) atoms. The molecule has 0 aromatic carbocycles. The Morgan fingerprint density at radius 1 is 1.05 bits per heavy atom. The lowest BCUT2D eigenvalue weighted by atomic mass is 9.87. The maximum absolute atomic E-state index is 12.5. The largest absolute Gasteiger partial charge is 0.342 e. The molecule has 110 valence electrons. The van der Waals surface area contributed by atoms with Gasteiger partial charge < -0.3 is 9.80 Å². The van der Waals surface area contributed by atoms with Gasteiger partial charge in [0.2, 0.25) is 5.91 Å². The number of likely N-dealkylation sites (tertiary alicyclic amines) is 1. The molecule has 1 saturated heterocycles. The summed E-state index contributed by atoms with van der Waals surface area (Å²) in [5.41, 5.74) is 0. The first-order chi connectivity index (χ1) is 9.09. The Labute approximate surface area is 118 Å². The molecule has 3 nitrogen and oxygen atoms in total. The molecule has 0 spiro atoms. The van der Waals surface area contributed by atoms with Crippen LogP contribution in [0.25, 0.3) is 0 Å². The first-order valence-corrected chi connectivity index (χ1v) is 8.10. The molecule has 3 heteroatoms. The highest BCUT2D eigenvalue weighted by Crippen LogP contribution is 2.27. The van der Waals surface area contributed by atoms with E-state index in [9.17, 15) is 4.79 Å². The zero-order valence-electron chi connectivity index (χ0n) is 12.9. The summed E-state index contributed by atoms with van der Waals surface area (Å²) in [6, 6.07) is 1.12. The first-order valence-electron chi connectivity index (χ1n) is 8.10. The highest BCUT2D eigenvalue weighted by atomic mass is 16.2. The molecular weight excluding hydrogens is 236 g/mol. The average Bonchev–Trinajstić information content (AvgIpc) is 2.46. The molecule has 0 bridgehead atoms. The number of hydrogen-bond donors (Lipinski definition) is 0. The zero-order valence-corrected chi connectivity index (χ0v) is 12.9. The third-order valence-corrected chi connectivity index (χ3v) is 5.08. The number of carbonyl (C=O) groups is 1.